The number of rotatable bonds is 22. The molecule has 0 unspecified atom stereocenters. The topological polar surface area (TPSA) is 82.1 Å². The Kier molecular flexibility index (Phi) is 22.3. The predicted molar refractivity (Wildman–Crippen MR) is 154 cm³/mol. The van der Waals surface area contributed by atoms with Gasteiger partial charge in [0.2, 0.25) is 0 Å². The van der Waals surface area contributed by atoms with Crippen molar-refractivity contribution in [2.45, 2.75) is 130 Å². The number of carbonyl (C=O) groups is 3. The van der Waals surface area contributed by atoms with E-state index >= 15 is 0 Å². The van der Waals surface area contributed by atoms with Gasteiger partial charge in [-0.1, -0.05) is 90.2 Å². The smallest absolute Gasteiger partial charge is 0.410 e. The molecule has 0 heterocycles. The molecule has 0 aromatic heterocycles. The molecule has 0 atom stereocenters. The van der Waals surface area contributed by atoms with Crippen LogP contribution in [0.5, 0.6) is 0 Å². The largest absolute Gasteiger partial charge is 0.461 e. The Hall–Kier alpha value is -2.31. The van der Waals surface area contributed by atoms with E-state index in [9.17, 15) is 14.4 Å². The van der Waals surface area contributed by atoms with Crippen LogP contribution in [0, 0.1) is 0 Å². The number of unbranched alkanes of at least 4 members (excludes halogenated alkanes) is 12. The van der Waals surface area contributed by atoms with E-state index in [1.165, 1.54) is 81.3 Å². The summed E-state index contributed by atoms with van der Waals surface area (Å²) in [5.41, 5.74) is -0.665. The zero-order chi connectivity index (χ0) is 28.5. The van der Waals surface area contributed by atoms with Crippen LogP contribution in [0.1, 0.15) is 125 Å². The number of allylic oxidation sites excluding steroid dienone is 2. The van der Waals surface area contributed by atoms with Crippen molar-refractivity contribution in [2.24, 2.45) is 0 Å². The van der Waals surface area contributed by atoms with E-state index in [0.29, 0.717) is 0 Å². The highest BCUT2D eigenvalue weighted by Crippen LogP contribution is 2.11. The lowest BCUT2D eigenvalue weighted by molar-refractivity contribution is -0.138. The summed E-state index contributed by atoms with van der Waals surface area (Å²) >= 11 is 0. The monoisotopic (exact) mass is 537 g/mol. The number of hydrogen-bond donors (Lipinski definition) is 0. The molecule has 38 heavy (non-hydrogen) atoms. The average Bonchev–Trinajstić information content (AvgIpc) is 2.85. The van der Waals surface area contributed by atoms with Gasteiger partial charge in [-0.3, -0.25) is 0 Å². The van der Waals surface area contributed by atoms with Gasteiger partial charge in [-0.2, -0.15) is 0 Å². The lowest BCUT2D eigenvalue weighted by atomic mass is 10.1. The molecule has 0 rings (SSSR count). The van der Waals surface area contributed by atoms with Gasteiger partial charge in [-0.15, -0.1) is 0 Å². The first-order valence-electron chi connectivity index (χ1n) is 14.8. The van der Waals surface area contributed by atoms with Gasteiger partial charge in [-0.05, 0) is 46.5 Å². The Labute approximate surface area is 232 Å². The molecule has 7 heteroatoms. The van der Waals surface area contributed by atoms with E-state index in [1.54, 1.807) is 20.8 Å². The molecule has 7 nitrogen and oxygen atoms in total. The van der Waals surface area contributed by atoms with E-state index in [0.717, 1.165) is 25.7 Å². The lowest BCUT2D eigenvalue weighted by Gasteiger charge is -2.27. The van der Waals surface area contributed by atoms with Crippen molar-refractivity contribution >= 4 is 18.0 Å². The molecule has 0 aliphatic carbocycles. The van der Waals surface area contributed by atoms with E-state index in [1.807, 2.05) is 12.2 Å². The first-order valence-corrected chi connectivity index (χ1v) is 14.8. The van der Waals surface area contributed by atoms with Crippen LogP contribution in [0.3, 0.4) is 0 Å². The molecule has 0 fully saturated rings. The summed E-state index contributed by atoms with van der Waals surface area (Å²) in [7, 11) is 0. The molecule has 0 aromatic carbocycles. The van der Waals surface area contributed by atoms with Crippen LogP contribution in [0.15, 0.2) is 24.3 Å². The highest BCUT2D eigenvalue weighted by molar-refractivity contribution is 5.82. The third-order valence-corrected chi connectivity index (χ3v) is 5.82. The summed E-state index contributed by atoms with van der Waals surface area (Å²) in [6.45, 7) is 10.1. The highest BCUT2D eigenvalue weighted by Gasteiger charge is 2.22. The quantitative estimate of drug-likeness (QED) is 0.0604. The maximum atomic E-state index is 12.6. The Morgan fingerprint density at radius 3 is 1.42 bits per heavy atom. The van der Waals surface area contributed by atoms with Crippen LogP contribution >= 0.6 is 0 Å². The van der Waals surface area contributed by atoms with Crippen molar-refractivity contribution in [3.05, 3.63) is 24.3 Å². The van der Waals surface area contributed by atoms with Gasteiger partial charge in [0.25, 0.3) is 0 Å². The number of amides is 1. The summed E-state index contributed by atoms with van der Waals surface area (Å²) in [6.07, 6.45) is 22.2. The summed E-state index contributed by atoms with van der Waals surface area (Å²) in [4.78, 5) is 38.0. The maximum absolute atomic E-state index is 12.6. The number of esters is 2. The molecule has 0 bridgehead atoms. The Morgan fingerprint density at radius 2 is 1.03 bits per heavy atom. The molecule has 0 aliphatic heterocycles. The highest BCUT2D eigenvalue weighted by atomic mass is 16.6. The molecular formula is C31H55NO6. The summed E-state index contributed by atoms with van der Waals surface area (Å²) in [5.74, 6) is -0.857. The van der Waals surface area contributed by atoms with Crippen LogP contribution in [-0.2, 0) is 23.8 Å². The minimum absolute atomic E-state index is 0.0333. The molecule has 1 amide bonds. The third-order valence-electron chi connectivity index (χ3n) is 5.82. The Morgan fingerprint density at radius 1 is 0.632 bits per heavy atom. The van der Waals surface area contributed by atoms with Crippen molar-refractivity contribution in [3.63, 3.8) is 0 Å². The zero-order valence-corrected chi connectivity index (χ0v) is 24.9. The average molecular weight is 538 g/mol. The van der Waals surface area contributed by atoms with Crippen molar-refractivity contribution in [1.82, 2.24) is 4.90 Å². The Balaban J connectivity index is 4.36. The SMILES string of the molecule is CCCCCCCCC=CC(=O)OCCN(CCOC(=O)C=CCCCCCCCC)C(=O)OC(C)(C)C. The third kappa shape index (κ3) is 24.1. The second-order valence-corrected chi connectivity index (χ2v) is 10.7. The molecular weight excluding hydrogens is 482 g/mol. The van der Waals surface area contributed by atoms with Crippen molar-refractivity contribution in [1.29, 1.82) is 0 Å². The number of nitrogens with zero attached hydrogens (tertiary/aromatic N) is 1. The van der Waals surface area contributed by atoms with Crippen LogP contribution in [0.4, 0.5) is 4.79 Å². The fraction of sp³-hybridized carbons (Fsp3) is 0.774. The molecule has 0 aliphatic rings. The van der Waals surface area contributed by atoms with Crippen LogP contribution < -0.4 is 0 Å². The van der Waals surface area contributed by atoms with Crippen LogP contribution in [0.2, 0.25) is 0 Å². The van der Waals surface area contributed by atoms with Gasteiger partial charge in [0.05, 0.1) is 13.1 Å². The van der Waals surface area contributed by atoms with E-state index in [2.05, 4.69) is 13.8 Å². The minimum atomic E-state index is -0.665. The van der Waals surface area contributed by atoms with E-state index in [-0.39, 0.29) is 26.3 Å². The molecule has 0 radical (unpaired) electrons. The van der Waals surface area contributed by atoms with E-state index in [4.69, 9.17) is 14.2 Å². The van der Waals surface area contributed by atoms with Crippen molar-refractivity contribution in [2.75, 3.05) is 26.3 Å². The number of carbonyl (C=O) groups excluding carboxylic acids is 3. The van der Waals surface area contributed by atoms with Crippen LogP contribution in [0.25, 0.3) is 0 Å². The first-order chi connectivity index (χ1) is 18.2. The summed E-state index contributed by atoms with van der Waals surface area (Å²) in [5, 5.41) is 0. The molecule has 0 N–H and O–H groups in total. The Bertz CT molecular complexity index is 636. The second kappa shape index (κ2) is 23.8. The molecule has 0 saturated carbocycles. The molecule has 0 aromatic rings. The molecule has 0 saturated heterocycles. The van der Waals surface area contributed by atoms with Gasteiger partial charge in [0.1, 0.15) is 18.8 Å². The number of ether oxygens (including phenoxy) is 3. The normalized spacial score (nSPS) is 11.7. The lowest BCUT2D eigenvalue weighted by Crippen LogP contribution is -2.40. The summed E-state index contributed by atoms with van der Waals surface area (Å²) < 4.78 is 16.0. The molecule has 0 spiro atoms. The van der Waals surface area contributed by atoms with Crippen molar-refractivity contribution in [3.8, 4) is 0 Å². The predicted octanol–water partition coefficient (Wildman–Crippen LogP) is 7.92. The van der Waals surface area contributed by atoms with Gasteiger partial charge in [0.15, 0.2) is 0 Å². The first kappa shape index (κ1) is 35.7. The standard InChI is InChI=1S/C31H55NO6/c1-6-8-10-12-14-16-18-20-22-28(33)36-26-24-32(30(35)38-31(3,4)5)25-27-37-29(34)23-21-19-17-15-13-11-9-7-2/h20-23H,6-19,24-27H2,1-5H3. The zero-order valence-electron chi connectivity index (χ0n) is 24.9. The van der Waals surface area contributed by atoms with Crippen LogP contribution in [-0.4, -0.2) is 54.8 Å². The molecule has 220 valence electrons. The van der Waals surface area contributed by atoms with Crippen molar-refractivity contribution < 1.29 is 28.6 Å². The van der Waals surface area contributed by atoms with E-state index < -0.39 is 23.6 Å². The summed E-state index contributed by atoms with van der Waals surface area (Å²) in [6, 6.07) is 0. The fourth-order valence-corrected chi connectivity index (χ4v) is 3.67. The van der Waals surface area contributed by atoms with Gasteiger partial charge in [0, 0.05) is 12.2 Å². The van der Waals surface area contributed by atoms with Gasteiger partial charge in [-0.25, -0.2) is 14.4 Å². The number of hydrogen-bond acceptors (Lipinski definition) is 6. The van der Waals surface area contributed by atoms with Gasteiger partial charge >= 0.3 is 18.0 Å². The second-order valence-electron chi connectivity index (χ2n) is 10.7. The maximum Gasteiger partial charge on any atom is 0.410 e. The van der Waals surface area contributed by atoms with Gasteiger partial charge < -0.3 is 19.1 Å². The minimum Gasteiger partial charge on any atom is -0.461 e. The fourth-order valence-electron chi connectivity index (χ4n) is 3.67.